The van der Waals surface area contributed by atoms with E-state index in [-0.39, 0.29) is 11.7 Å². The van der Waals surface area contributed by atoms with Crippen molar-refractivity contribution in [2.45, 2.75) is 12.1 Å². The number of rotatable bonds is 5. The van der Waals surface area contributed by atoms with Crippen LogP contribution in [-0.2, 0) is 4.79 Å². The Bertz CT molecular complexity index is 520. The zero-order chi connectivity index (χ0) is 12.8. The first-order valence-electron chi connectivity index (χ1n) is 5.11. The molecule has 0 radical (unpaired) electrons. The van der Waals surface area contributed by atoms with E-state index in [0.29, 0.717) is 5.16 Å². The molecule has 0 aromatic carbocycles. The summed E-state index contributed by atoms with van der Waals surface area (Å²) in [6.45, 7) is 1.86. The second-order valence-electron chi connectivity index (χ2n) is 3.29. The summed E-state index contributed by atoms with van der Waals surface area (Å²) in [5.41, 5.74) is 3.30. The molecule has 0 saturated carbocycles. The average molecular weight is 281 g/mol. The third-order valence-corrected chi connectivity index (χ3v) is 3.81. The topological polar surface area (TPSA) is 83.0 Å². The van der Waals surface area contributed by atoms with Gasteiger partial charge in [-0.05, 0) is 18.4 Å². The molecule has 94 valence electrons. The lowest BCUT2D eigenvalue weighted by Gasteiger charge is -1.99. The number of hydrogen-bond acceptors (Lipinski definition) is 6. The van der Waals surface area contributed by atoms with Gasteiger partial charge in [-0.25, -0.2) is 10.4 Å². The van der Waals surface area contributed by atoms with E-state index in [2.05, 4.69) is 25.7 Å². The van der Waals surface area contributed by atoms with Crippen LogP contribution < -0.4 is 5.43 Å². The molecule has 0 aliphatic heterocycles. The van der Waals surface area contributed by atoms with Gasteiger partial charge in [0.2, 0.25) is 0 Å². The number of nitrogens with zero attached hydrogens (tertiary/aromatic N) is 3. The fraction of sp³-hybridized carbons (Fsp3) is 0.200. The van der Waals surface area contributed by atoms with E-state index in [1.165, 1.54) is 18.1 Å². The van der Waals surface area contributed by atoms with Crippen LogP contribution in [0.3, 0.4) is 0 Å². The number of aromatic amines is 1. The highest BCUT2D eigenvalue weighted by molar-refractivity contribution is 7.99. The predicted octanol–water partition coefficient (Wildman–Crippen LogP) is 1.50. The van der Waals surface area contributed by atoms with E-state index >= 15 is 0 Å². The van der Waals surface area contributed by atoms with Crippen molar-refractivity contribution in [3.63, 3.8) is 0 Å². The molecule has 0 saturated heterocycles. The summed E-state index contributed by atoms with van der Waals surface area (Å²) in [5.74, 6) is 0.0727. The van der Waals surface area contributed by atoms with Crippen LogP contribution in [0.4, 0.5) is 0 Å². The highest BCUT2D eigenvalue weighted by Gasteiger charge is 2.04. The van der Waals surface area contributed by atoms with Gasteiger partial charge in [-0.1, -0.05) is 17.8 Å². The van der Waals surface area contributed by atoms with Crippen molar-refractivity contribution in [1.82, 2.24) is 20.6 Å². The van der Waals surface area contributed by atoms with Gasteiger partial charge in [0.25, 0.3) is 5.91 Å². The van der Waals surface area contributed by atoms with Gasteiger partial charge in [-0.2, -0.15) is 10.2 Å². The standard InChI is InChI=1S/C10H11N5OS2/c1-7(8-3-2-4-17-8)13-14-9(16)5-18-10-11-6-12-15-10/h2-4,6H,5H2,1H3,(H,14,16)(H,11,12,15)/b13-7+. The summed E-state index contributed by atoms with van der Waals surface area (Å²) >= 11 is 2.86. The number of carbonyl (C=O) groups is 1. The number of hydrogen-bond donors (Lipinski definition) is 2. The van der Waals surface area contributed by atoms with E-state index in [1.54, 1.807) is 11.3 Å². The van der Waals surface area contributed by atoms with Gasteiger partial charge in [0.05, 0.1) is 11.5 Å². The van der Waals surface area contributed by atoms with Crippen LogP contribution >= 0.6 is 23.1 Å². The van der Waals surface area contributed by atoms with Crippen LogP contribution in [0.15, 0.2) is 34.1 Å². The second-order valence-corrected chi connectivity index (χ2v) is 5.20. The Morgan fingerprint density at radius 3 is 3.22 bits per heavy atom. The largest absolute Gasteiger partial charge is 0.272 e. The van der Waals surface area contributed by atoms with E-state index < -0.39 is 0 Å². The minimum Gasteiger partial charge on any atom is -0.272 e. The first-order valence-corrected chi connectivity index (χ1v) is 6.97. The third-order valence-electron chi connectivity index (χ3n) is 1.96. The van der Waals surface area contributed by atoms with E-state index in [0.717, 1.165) is 10.6 Å². The molecule has 0 spiro atoms. The van der Waals surface area contributed by atoms with Crippen molar-refractivity contribution in [1.29, 1.82) is 0 Å². The van der Waals surface area contributed by atoms with Crippen molar-refractivity contribution >= 4 is 34.7 Å². The molecular weight excluding hydrogens is 270 g/mol. The van der Waals surface area contributed by atoms with Gasteiger partial charge in [0.1, 0.15) is 6.33 Å². The Kier molecular flexibility index (Phi) is 4.48. The van der Waals surface area contributed by atoms with Crippen LogP contribution in [-0.4, -0.2) is 32.6 Å². The molecule has 2 aromatic rings. The molecule has 2 rings (SSSR count). The molecule has 2 N–H and O–H groups in total. The minimum absolute atomic E-state index is 0.174. The van der Waals surface area contributed by atoms with Crippen LogP contribution in [0.1, 0.15) is 11.8 Å². The van der Waals surface area contributed by atoms with Crippen molar-refractivity contribution < 1.29 is 4.79 Å². The summed E-state index contributed by atoms with van der Waals surface area (Å²) in [6, 6.07) is 3.90. The lowest BCUT2D eigenvalue weighted by molar-refractivity contribution is -0.118. The lowest BCUT2D eigenvalue weighted by Crippen LogP contribution is -2.21. The SMILES string of the molecule is C/C(=N\NC(=O)CSc1ncn[nH]1)c1cccs1. The maximum absolute atomic E-state index is 11.5. The smallest absolute Gasteiger partial charge is 0.250 e. The molecule has 2 heterocycles. The maximum atomic E-state index is 11.5. The molecule has 1 amide bonds. The molecule has 8 heteroatoms. The lowest BCUT2D eigenvalue weighted by atomic mass is 10.3. The van der Waals surface area contributed by atoms with Gasteiger partial charge in [0.15, 0.2) is 5.16 Å². The normalized spacial score (nSPS) is 11.5. The molecule has 0 fully saturated rings. The monoisotopic (exact) mass is 281 g/mol. The summed E-state index contributed by atoms with van der Waals surface area (Å²) in [6.07, 6.45) is 1.40. The van der Waals surface area contributed by atoms with Gasteiger partial charge >= 0.3 is 0 Å². The van der Waals surface area contributed by atoms with E-state index in [9.17, 15) is 4.79 Å². The molecule has 0 unspecified atom stereocenters. The van der Waals surface area contributed by atoms with Crippen molar-refractivity contribution in [2.24, 2.45) is 5.10 Å². The maximum Gasteiger partial charge on any atom is 0.250 e. The predicted molar refractivity (Wildman–Crippen MR) is 71.8 cm³/mol. The van der Waals surface area contributed by atoms with Crippen LogP contribution in [0, 0.1) is 0 Å². The summed E-state index contributed by atoms with van der Waals surface area (Å²) in [7, 11) is 0. The summed E-state index contributed by atoms with van der Waals surface area (Å²) in [4.78, 5) is 16.5. The van der Waals surface area contributed by atoms with E-state index in [4.69, 9.17) is 0 Å². The Labute approximate surface area is 112 Å². The summed E-state index contributed by atoms with van der Waals surface area (Å²) < 4.78 is 0. The number of thioether (sulfide) groups is 1. The number of carbonyl (C=O) groups excluding carboxylic acids is 1. The number of nitrogens with one attached hydrogen (secondary N) is 2. The first-order chi connectivity index (χ1) is 8.75. The minimum atomic E-state index is -0.174. The van der Waals surface area contributed by atoms with Crippen LogP contribution in [0.2, 0.25) is 0 Å². The highest BCUT2D eigenvalue weighted by atomic mass is 32.2. The zero-order valence-electron chi connectivity index (χ0n) is 9.58. The van der Waals surface area contributed by atoms with Crippen molar-refractivity contribution in [3.05, 3.63) is 28.7 Å². The van der Waals surface area contributed by atoms with Gasteiger partial charge in [-0.15, -0.1) is 11.3 Å². The summed E-state index contributed by atoms with van der Waals surface area (Å²) in [5, 5.41) is 13.0. The molecule has 0 bridgehead atoms. The van der Waals surface area contributed by atoms with Crippen LogP contribution in [0.5, 0.6) is 0 Å². The Hall–Kier alpha value is -1.67. The fourth-order valence-corrected chi connectivity index (χ4v) is 2.36. The highest BCUT2D eigenvalue weighted by Crippen LogP contribution is 2.10. The Balaban J connectivity index is 1.79. The van der Waals surface area contributed by atoms with Crippen molar-refractivity contribution in [3.8, 4) is 0 Å². The van der Waals surface area contributed by atoms with Crippen LogP contribution in [0.25, 0.3) is 0 Å². The zero-order valence-corrected chi connectivity index (χ0v) is 11.2. The quantitative estimate of drug-likeness (QED) is 0.494. The molecular formula is C10H11N5OS2. The number of hydrazone groups is 1. The van der Waals surface area contributed by atoms with Gasteiger partial charge in [0, 0.05) is 4.88 Å². The van der Waals surface area contributed by atoms with Crippen molar-refractivity contribution in [2.75, 3.05) is 5.75 Å². The molecule has 0 aliphatic rings. The second kappa shape index (κ2) is 6.31. The third kappa shape index (κ3) is 3.67. The molecule has 18 heavy (non-hydrogen) atoms. The first kappa shape index (κ1) is 12.8. The Morgan fingerprint density at radius 2 is 2.56 bits per heavy atom. The number of H-pyrrole nitrogens is 1. The molecule has 0 atom stereocenters. The van der Waals surface area contributed by atoms with Gasteiger partial charge in [-0.3, -0.25) is 9.89 Å². The average Bonchev–Trinajstić information content (AvgIpc) is 3.05. The van der Waals surface area contributed by atoms with Gasteiger partial charge < -0.3 is 0 Å². The Morgan fingerprint density at radius 1 is 1.67 bits per heavy atom. The molecule has 0 aliphatic carbocycles. The number of aromatic nitrogens is 3. The molecule has 2 aromatic heterocycles. The number of amides is 1. The molecule has 6 nitrogen and oxygen atoms in total. The fourth-order valence-electron chi connectivity index (χ4n) is 1.12. The number of thiophene rings is 1. The van der Waals surface area contributed by atoms with E-state index in [1.807, 2.05) is 24.4 Å².